The van der Waals surface area contributed by atoms with E-state index in [4.69, 9.17) is 9.84 Å². The maximum absolute atomic E-state index is 11.1. The number of carbonyl (C=O) groups is 1. The average Bonchev–Trinajstić information content (AvgIpc) is 2.78. The van der Waals surface area contributed by atoms with E-state index in [0.717, 1.165) is 17.6 Å². The molecule has 0 spiro atoms. The van der Waals surface area contributed by atoms with Crippen LogP contribution in [0.4, 0.5) is 5.69 Å². The van der Waals surface area contributed by atoms with Crippen molar-refractivity contribution >= 4 is 33.0 Å². The molecule has 0 amide bonds. The molecule has 106 valence electrons. The third-order valence-electron chi connectivity index (χ3n) is 2.21. The number of ether oxygens (including phenoxy) is 1. The van der Waals surface area contributed by atoms with E-state index in [1.807, 2.05) is 0 Å². The van der Waals surface area contributed by atoms with Crippen LogP contribution in [0.15, 0.2) is 35.7 Å². The number of benzene rings is 1. The van der Waals surface area contributed by atoms with Crippen LogP contribution in [-0.4, -0.2) is 25.7 Å². The van der Waals surface area contributed by atoms with E-state index in [0.29, 0.717) is 11.4 Å². The fourth-order valence-electron chi connectivity index (χ4n) is 1.47. The first-order valence-corrected chi connectivity index (χ1v) is 8.19. The molecule has 0 radical (unpaired) electrons. The number of sulfonamides is 1. The molecule has 1 heterocycles. The SMILES string of the molecule is CS(=O)(=O)Nc1ccc(Oc2ccsc2C(=O)O)cc1. The van der Waals surface area contributed by atoms with Crippen molar-refractivity contribution in [3.05, 3.63) is 40.6 Å². The van der Waals surface area contributed by atoms with E-state index in [-0.39, 0.29) is 10.6 Å². The summed E-state index contributed by atoms with van der Waals surface area (Å²) >= 11 is 1.07. The van der Waals surface area contributed by atoms with E-state index in [1.165, 1.54) is 12.1 Å². The maximum Gasteiger partial charge on any atom is 0.349 e. The standard InChI is InChI=1S/C12H11NO5S2/c1-20(16,17)13-8-2-4-9(5-3-8)18-10-6-7-19-11(10)12(14)15/h2-7,13H,1H3,(H,14,15). The summed E-state index contributed by atoms with van der Waals surface area (Å²) in [7, 11) is -3.32. The minimum atomic E-state index is -3.32. The first kappa shape index (κ1) is 14.4. The van der Waals surface area contributed by atoms with E-state index in [9.17, 15) is 13.2 Å². The van der Waals surface area contributed by atoms with Gasteiger partial charge in [-0.3, -0.25) is 4.72 Å². The Labute approximate surface area is 119 Å². The van der Waals surface area contributed by atoms with Crippen LogP contribution in [-0.2, 0) is 10.0 Å². The van der Waals surface area contributed by atoms with Crippen molar-refractivity contribution < 1.29 is 23.1 Å². The number of aromatic carboxylic acids is 1. The van der Waals surface area contributed by atoms with Crippen LogP contribution >= 0.6 is 11.3 Å². The second kappa shape index (κ2) is 5.51. The summed E-state index contributed by atoms with van der Waals surface area (Å²) in [4.78, 5) is 11.1. The van der Waals surface area contributed by atoms with Crippen LogP contribution < -0.4 is 9.46 Å². The molecule has 6 nitrogen and oxygen atoms in total. The van der Waals surface area contributed by atoms with E-state index >= 15 is 0 Å². The van der Waals surface area contributed by atoms with Gasteiger partial charge < -0.3 is 9.84 Å². The van der Waals surface area contributed by atoms with Gasteiger partial charge in [0, 0.05) is 5.69 Å². The Bertz CT molecular complexity index is 719. The Hall–Kier alpha value is -2.06. The molecule has 1 aromatic heterocycles. The normalized spacial score (nSPS) is 11.1. The van der Waals surface area contributed by atoms with Crippen molar-refractivity contribution in [2.24, 2.45) is 0 Å². The number of rotatable bonds is 5. The quantitative estimate of drug-likeness (QED) is 0.885. The molecule has 2 rings (SSSR count). The number of nitrogens with one attached hydrogen (secondary N) is 1. The van der Waals surface area contributed by atoms with Crippen molar-refractivity contribution in [3.8, 4) is 11.5 Å². The number of carboxylic acids is 1. The van der Waals surface area contributed by atoms with Crippen LogP contribution in [0.3, 0.4) is 0 Å². The van der Waals surface area contributed by atoms with Crippen molar-refractivity contribution in [2.75, 3.05) is 11.0 Å². The molecule has 20 heavy (non-hydrogen) atoms. The summed E-state index contributed by atoms with van der Waals surface area (Å²) < 4.78 is 29.9. The van der Waals surface area contributed by atoms with Crippen LogP contribution in [0.25, 0.3) is 0 Å². The third kappa shape index (κ3) is 3.72. The summed E-state index contributed by atoms with van der Waals surface area (Å²) in [5.74, 6) is -0.373. The Morgan fingerprint density at radius 1 is 1.25 bits per heavy atom. The van der Waals surface area contributed by atoms with Gasteiger partial charge in [0.25, 0.3) is 0 Å². The molecule has 0 aliphatic rings. The second-order valence-electron chi connectivity index (χ2n) is 3.92. The van der Waals surface area contributed by atoms with Crippen molar-refractivity contribution in [1.82, 2.24) is 0 Å². The van der Waals surface area contributed by atoms with Crippen molar-refractivity contribution in [1.29, 1.82) is 0 Å². The topological polar surface area (TPSA) is 92.7 Å². The van der Waals surface area contributed by atoms with E-state index in [1.54, 1.807) is 23.6 Å². The molecule has 0 saturated heterocycles. The molecule has 2 N–H and O–H groups in total. The molecular weight excluding hydrogens is 302 g/mol. The first-order chi connectivity index (χ1) is 9.35. The van der Waals surface area contributed by atoms with E-state index in [2.05, 4.69) is 4.72 Å². The molecule has 1 aromatic carbocycles. The molecular formula is C12H11NO5S2. The summed E-state index contributed by atoms with van der Waals surface area (Å²) in [6.07, 6.45) is 1.06. The molecule has 2 aromatic rings. The smallest absolute Gasteiger partial charge is 0.349 e. The fourth-order valence-corrected chi connectivity index (χ4v) is 2.68. The molecule has 0 saturated carbocycles. The number of carboxylic acid groups (broad SMARTS) is 1. The van der Waals surface area contributed by atoms with Gasteiger partial charge in [0.2, 0.25) is 10.0 Å². The van der Waals surface area contributed by atoms with Gasteiger partial charge in [-0.15, -0.1) is 11.3 Å². The number of hydrogen-bond acceptors (Lipinski definition) is 5. The first-order valence-electron chi connectivity index (χ1n) is 5.41. The van der Waals surface area contributed by atoms with Crippen molar-refractivity contribution in [2.45, 2.75) is 0 Å². The highest BCUT2D eigenvalue weighted by Crippen LogP contribution is 2.30. The average molecular weight is 313 g/mol. The van der Waals surface area contributed by atoms with Crippen LogP contribution in [0.1, 0.15) is 9.67 Å². The van der Waals surface area contributed by atoms with Gasteiger partial charge >= 0.3 is 5.97 Å². The number of anilines is 1. The highest BCUT2D eigenvalue weighted by Gasteiger charge is 2.13. The molecule has 0 bridgehead atoms. The van der Waals surface area contributed by atoms with Gasteiger partial charge in [-0.05, 0) is 35.7 Å². The van der Waals surface area contributed by atoms with Crippen LogP contribution in [0.2, 0.25) is 0 Å². The third-order valence-corrected chi connectivity index (χ3v) is 3.70. The highest BCUT2D eigenvalue weighted by molar-refractivity contribution is 7.92. The monoisotopic (exact) mass is 313 g/mol. The predicted octanol–water partition coefficient (Wildman–Crippen LogP) is 2.61. The Morgan fingerprint density at radius 2 is 1.90 bits per heavy atom. The fraction of sp³-hybridized carbons (Fsp3) is 0.0833. The Balaban J connectivity index is 2.15. The molecule has 0 atom stereocenters. The molecule has 0 aliphatic carbocycles. The zero-order valence-corrected chi connectivity index (χ0v) is 12.0. The minimum absolute atomic E-state index is 0.114. The van der Waals surface area contributed by atoms with Gasteiger partial charge in [-0.25, -0.2) is 13.2 Å². The largest absolute Gasteiger partial charge is 0.477 e. The molecule has 0 aliphatic heterocycles. The summed E-state index contributed by atoms with van der Waals surface area (Å²) in [5, 5.41) is 10.6. The maximum atomic E-state index is 11.1. The molecule has 0 unspecified atom stereocenters. The lowest BCUT2D eigenvalue weighted by molar-refractivity contribution is 0.0699. The van der Waals surface area contributed by atoms with Gasteiger partial charge in [-0.2, -0.15) is 0 Å². The van der Waals surface area contributed by atoms with Gasteiger partial charge in [0.1, 0.15) is 5.75 Å². The summed E-state index contributed by atoms with van der Waals surface area (Å²) in [6, 6.07) is 7.73. The zero-order chi connectivity index (χ0) is 14.8. The number of hydrogen-bond donors (Lipinski definition) is 2. The molecule has 8 heteroatoms. The minimum Gasteiger partial charge on any atom is -0.477 e. The van der Waals surface area contributed by atoms with Crippen LogP contribution in [0, 0.1) is 0 Å². The predicted molar refractivity (Wildman–Crippen MR) is 76.3 cm³/mol. The second-order valence-corrected chi connectivity index (χ2v) is 6.58. The Kier molecular flexibility index (Phi) is 3.96. The Morgan fingerprint density at radius 3 is 2.45 bits per heavy atom. The van der Waals surface area contributed by atoms with Gasteiger partial charge in [-0.1, -0.05) is 0 Å². The highest BCUT2D eigenvalue weighted by atomic mass is 32.2. The lowest BCUT2D eigenvalue weighted by Gasteiger charge is -2.07. The summed E-state index contributed by atoms with van der Waals surface area (Å²) in [5.41, 5.74) is 0.406. The van der Waals surface area contributed by atoms with E-state index < -0.39 is 16.0 Å². The number of thiophene rings is 1. The van der Waals surface area contributed by atoms with Gasteiger partial charge in [0.05, 0.1) is 6.26 Å². The zero-order valence-electron chi connectivity index (χ0n) is 10.4. The lowest BCUT2D eigenvalue weighted by Crippen LogP contribution is -2.09. The lowest BCUT2D eigenvalue weighted by atomic mass is 10.3. The molecule has 0 fully saturated rings. The summed E-state index contributed by atoms with van der Waals surface area (Å²) in [6.45, 7) is 0. The van der Waals surface area contributed by atoms with Gasteiger partial charge in [0.15, 0.2) is 10.6 Å². The van der Waals surface area contributed by atoms with Crippen LogP contribution in [0.5, 0.6) is 11.5 Å². The van der Waals surface area contributed by atoms with Crippen molar-refractivity contribution in [3.63, 3.8) is 0 Å².